The fraction of sp³-hybridized carbons (Fsp3) is 0. The predicted molar refractivity (Wildman–Crippen MR) is 97.5 cm³/mol. The number of thiophene rings is 1. The van der Waals surface area contributed by atoms with Crippen molar-refractivity contribution in [2.75, 3.05) is 5.32 Å². The number of fused-ring (bicyclic) bond motifs is 1. The van der Waals surface area contributed by atoms with Crippen LogP contribution in [0.3, 0.4) is 0 Å². The Morgan fingerprint density at radius 2 is 1.79 bits per heavy atom. The van der Waals surface area contributed by atoms with E-state index in [9.17, 15) is 0 Å². The summed E-state index contributed by atoms with van der Waals surface area (Å²) in [5.41, 5.74) is 2.17. The van der Waals surface area contributed by atoms with Gasteiger partial charge >= 0.3 is 0 Å². The highest BCUT2D eigenvalue weighted by Gasteiger charge is 2.18. The average molecular weight is 356 g/mol. The van der Waals surface area contributed by atoms with Crippen LogP contribution in [0.1, 0.15) is 0 Å². The largest absolute Gasteiger partial charge is 0.352 e. The third-order valence-electron chi connectivity index (χ3n) is 3.59. The lowest BCUT2D eigenvalue weighted by molar-refractivity contribution is 0.632. The van der Waals surface area contributed by atoms with Crippen molar-refractivity contribution >= 4 is 45.2 Å². The monoisotopic (exact) mass is 355 g/mol. The van der Waals surface area contributed by atoms with Crippen molar-refractivity contribution in [2.24, 2.45) is 0 Å². The highest BCUT2D eigenvalue weighted by atomic mass is 35.5. The number of hydrogen-bond donors (Lipinski definition) is 1. The lowest BCUT2D eigenvalue weighted by atomic mass is 10.1. The molecule has 3 heterocycles. The van der Waals surface area contributed by atoms with Crippen molar-refractivity contribution in [3.05, 3.63) is 71.1 Å². The fourth-order valence-electron chi connectivity index (χ4n) is 2.50. The highest BCUT2D eigenvalue weighted by molar-refractivity contribution is 7.19. The molecule has 0 bridgehead atoms. The first-order valence-electron chi connectivity index (χ1n) is 7.23. The van der Waals surface area contributed by atoms with Crippen molar-refractivity contribution in [2.45, 2.75) is 0 Å². The summed E-state index contributed by atoms with van der Waals surface area (Å²) in [5, 5.41) is 3.87. The summed E-state index contributed by atoms with van der Waals surface area (Å²) >= 11 is 7.30. The molecule has 4 rings (SSSR count). The standard InChI is InChI=1S/C18H11ClFN3S/c19-15-6-5-14(24-15)18-16(20)17(22-11-7-9-21-10-8-11)12-3-1-2-4-13(12)23-18/h1-10H,(H,21,22,23). The topological polar surface area (TPSA) is 37.8 Å². The van der Waals surface area contributed by atoms with Crippen LogP contribution in [0.2, 0.25) is 4.34 Å². The molecule has 3 aromatic heterocycles. The summed E-state index contributed by atoms with van der Waals surface area (Å²) in [5.74, 6) is -0.399. The van der Waals surface area contributed by atoms with E-state index < -0.39 is 5.82 Å². The van der Waals surface area contributed by atoms with Crippen molar-refractivity contribution in [1.29, 1.82) is 0 Å². The Labute approximate surface area is 146 Å². The molecule has 24 heavy (non-hydrogen) atoms. The number of rotatable bonds is 3. The Kier molecular flexibility index (Phi) is 3.88. The van der Waals surface area contributed by atoms with E-state index in [1.807, 2.05) is 24.3 Å². The van der Waals surface area contributed by atoms with E-state index in [1.165, 1.54) is 11.3 Å². The Morgan fingerprint density at radius 3 is 2.54 bits per heavy atom. The number of nitrogens with one attached hydrogen (secondary N) is 1. The van der Waals surface area contributed by atoms with Crippen LogP contribution in [0.15, 0.2) is 60.9 Å². The molecule has 1 aromatic carbocycles. The molecule has 0 unspecified atom stereocenters. The third kappa shape index (κ3) is 2.72. The molecular weight excluding hydrogens is 345 g/mol. The minimum absolute atomic E-state index is 0.294. The van der Waals surface area contributed by atoms with Crippen LogP contribution >= 0.6 is 22.9 Å². The maximum atomic E-state index is 15.2. The molecule has 0 saturated heterocycles. The molecule has 0 aliphatic carbocycles. The number of aromatic nitrogens is 2. The summed E-state index contributed by atoms with van der Waals surface area (Å²) < 4.78 is 15.8. The van der Waals surface area contributed by atoms with Crippen LogP contribution in [0, 0.1) is 5.82 Å². The third-order valence-corrected chi connectivity index (χ3v) is 4.83. The van der Waals surface area contributed by atoms with Crippen molar-refractivity contribution in [1.82, 2.24) is 9.97 Å². The second-order valence-electron chi connectivity index (χ2n) is 5.13. The summed E-state index contributed by atoms with van der Waals surface area (Å²) in [4.78, 5) is 9.16. The zero-order chi connectivity index (χ0) is 16.5. The number of hydrogen-bond acceptors (Lipinski definition) is 4. The van der Waals surface area contributed by atoms with Crippen LogP contribution < -0.4 is 5.32 Å². The molecule has 0 amide bonds. The van der Waals surface area contributed by atoms with Crippen molar-refractivity contribution in [3.8, 4) is 10.6 Å². The normalized spacial score (nSPS) is 10.9. The van der Waals surface area contributed by atoms with Crippen LogP contribution in [0.25, 0.3) is 21.5 Å². The number of para-hydroxylation sites is 1. The molecular formula is C18H11ClFN3S. The van der Waals surface area contributed by atoms with Gasteiger partial charge in [-0.05, 0) is 30.3 Å². The van der Waals surface area contributed by atoms with Crippen LogP contribution in [-0.4, -0.2) is 9.97 Å². The zero-order valence-corrected chi connectivity index (χ0v) is 13.9. The van der Waals surface area contributed by atoms with Crippen molar-refractivity contribution in [3.63, 3.8) is 0 Å². The molecule has 0 aliphatic heterocycles. The minimum Gasteiger partial charge on any atom is -0.352 e. The SMILES string of the molecule is Fc1c(-c2ccc(Cl)s2)nc2ccccc2c1Nc1ccncc1. The van der Waals surface area contributed by atoms with Gasteiger partial charge in [-0.3, -0.25) is 4.98 Å². The average Bonchev–Trinajstić information content (AvgIpc) is 3.04. The number of anilines is 2. The molecule has 4 aromatic rings. The zero-order valence-electron chi connectivity index (χ0n) is 12.3. The van der Waals surface area contributed by atoms with Crippen LogP contribution in [-0.2, 0) is 0 Å². The van der Waals surface area contributed by atoms with E-state index in [0.29, 0.717) is 20.6 Å². The van der Waals surface area contributed by atoms with Gasteiger partial charge in [-0.2, -0.15) is 0 Å². The second-order valence-corrected chi connectivity index (χ2v) is 6.85. The molecule has 0 fully saturated rings. The van der Waals surface area contributed by atoms with Gasteiger partial charge in [0.25, 0.3) is 0 Å². The fourth-order valence-corrected chi connectivity index (χ4v) is 3.52. The Morgan fingerprint density at radius 1 is 1.00 bits per heavy atom. The molecule has 0 atom stereocenters. The number of nitrogens with zero attached hydrogens (tertiary/aromatic N) is 2. The molecule has 0 aliphatic rings. The molecule has 0 radical (unpaired) electrons. The Balaban J connectivity index is 1.94. The van der Waals surface area contributed by atoms with Gasteiger partial charge in [0.1, 0.15) is 5.69 Å². The van der Waals surface area contributed by atoms with Crippen LogP contribution in [0.5, 0.6) is 0 Å². The first-order valence-corrected chi connectivity index (χ1v) is 8.43. The maximum Gasteiger partial charge on any atom is 0.174 e. The summed E-state index contributed by atoms with van der Waals surface area (Å²) in [6.45, 7) is 0. The molecule has 1 N–H and O–H groups in total. The number of halogens is 2. The van der Waals surface area contributed by atoms with E-state index >= 15 is 4.39 Å². The lowest BCUT2D eigenvalue weighted by Gasteiger charge is -2.13. The quantitative estimate of drug-likeness (QED) is 0.497. The van der Waals surface area contributed by atoms with E-state index in [2.05, 4.69) is 15.3 Å². The first kappa shape index (κ1) is 15.1. The van der Waals surface area contributed by atoms with E-state index in [4.69, 9.17) is 11.6 Å². The Bertz CT molecular complexity index is 1020. The van der Waals surface area contributed by atoms with Gasteiger partial charge in [0.2, 0.25) is 0 Å². The summed E-state index contributed by atoms with van der Waals surface area (Å²) in [6, 6.07) is 14.6. The number of pyridine rings is 2. The number of benzene rings is 1. The summed E-state index contributed by atoms with van der Waals surface area (Å²) in [7, 11) is 0. The van der Waals surface area contributed by atoms with Gasteiger partial charge in [0.15, 0.2) is 5.82 Å². The molecule has 0 saturated carbocycles. The lowest BCUT2D eigenvalue weighted by Crippen LogP contribution is -1.99. The van der Waals surface area contributed by atoms with Gasteiger partial charge in [0, 0.05) is 23.5 Å². The van der Waals surface area contributed by atoms with Gasteiger partial charge in [-0.1, -0.05) is 29.8 Å². The summed E-state index contributed by atoms with van der Waals surface area (Å²) in [6.07, 6.45) is 3.31. The molecule has 3 nitrogen and oxygen atoms in total. The second kappa shape index (κ2) is 6.19. The molecule has 0 spiro atoms. The minimum atomic E-state index is -0.399. The van der Waals surface area contributed by atoms with E-state index in [1.54, 1.807) is 36.7 Å². The smallest absolute Gasteiger partial charge is 0.174 e. The molecule has 6 heteroatoms. The van der Waals surface area contributed by atoms with E-state index in [0.717, 1.165) is 16.6 Å². The molecule has 118 valence electrons. The van der Waals surface area contributed by atoms with Gasteiger partial charge in [-0.25, -0.2) is 9.37 Å². The van der Waals surface area contributed by atoms with Gasteiger partial charge in [-0.15, -0.1) is 11.3 Å². The predicted octanol–water partition coefficient (Wildman–Crippen LogP) is 5.89. The van der Waals surface area contributed by atoms with Gasteiger partial charge < -0.3 is 5.32 Å². The maximum absolute atomic E-state index is 15.2. The van der Waals surface area contributed by atoms with Gasteiger partial charge in [0.05, 0.1) is 20.4 Å². The van der Waals surface area contributed by atoms with E-state index in [-0.39, 0.29) is 0 Å². The van der Waals surface area contributed by atoms with Crippen molar-refractivity contribution < 1.29 is 4.39 Å². The Hall–Kier alpha value is -2.50. The first-order chi connectivity index (χ1) is 11.7. The highest BCUT2D eigenvalue weighted by Crippen LogP contribution is 2.37. The van der Waals surface area contributed by atoms with Crippen LogP contribution in [0.4, 0.5) is 15.8 Å².